The van der Waals surface area contributed by atoms with Crippen LogP contribution < -0.4 is 5.32 Å². The number of rotatable bonds is 5. The van der Waals surface area contributed by atoms with Gasteiger partial charge in [0.1, 0.15) is 0 Å². The van der Waals surface area contributed by atoms with Gasteiger partial charge in [0.25, 0.3) is 0 Å². The molecule has 1 aliphatic rings. The van der Waals surface area contributed by atoms with E-state index >= 15 is 0 Å². The second kappa shape index (κ2) is 4.43. The lowest BCUT2D eigenvalue weighted by Crippen LogP contribution is -2.13. The third-order valence-corrected chi connectivity index (χ3v) is 2.68. The summed E-state index contributed by atoms with van der Waals surface area (Å²) in [6, 6.07) is 8.76. The van der Waals surface area contributed by atoms with Crippen molar-refractivity contribution in [1.82, 2.24) is 5.32 Å². The summed E-state index contributed by atoms with van der Waals surface area (Å²) in [5.74, 6) is 0.844. The summed E-state index contributed by atoms with van der Waals surface area (Å²) >= 11 is 0. The minimum Gasteiger partial charge on any atom is -0.309 e. The highest BCUT2D eigenvalue weighted by atomic mass is 14.8. The zero-order valence-corrected chi connectivity index (χ0v) is 8.50. The Balaban J connectivity index is 2.03. The minimum absolute atomic E-state index is 0.844. The van der Waals surface area contributed by atoms with Crippen molar-refractivity contribution in [3.63, 3.8) is 0 Å². The molecule has 0 amide bonds. The SMILES string of the molecule is C=CCNCc1ccccc1C1CC1. The van der Waals surface area contributed by atoms with Gasteiger partial charge in [0.15, 0.2) is 0 Å². The second-order valence-electron chi connectivity index (χ2n) is 3.89. The van der Waals surface area contributed by atoms with Crippen LogP contribution in [-0.4, -0.2) is 6.54 Å². The lowest BCUT2D eigenvalue weighted by atomic mass is 10.0. The van der Waals surface area contributed by atoms with Crippen LogP contribution in [-0.2, 0) is 6.54 Å². The Labute approximate surface area is 85.8 Å². The smallest absolute Gasteiger partial charge is 0.0211 e. The highest BCUT2D eigenvalue weighted by Gasteiger charge is 2.25. The van der Waals surface area contributed by atoms with Crippen molar-refractivity contribution in [2.75, 3.05) is 6.54 Å². The number of hydrogen-bond donors (Lipinski definition) is 1. The fourth-order valence-corrected chi connectivity index (χ4v) is 1.80. The van der Waals surface area contributed by atoms with Gasteiger partial charge in [-0.15, -0.1) is 6.58 Å². The van der Waals surface area contributed by atoms with E-state index in [4.69, 9.17) is 0 Å². The van der Waals surface area contributed by atoms with Gasteiger partial charge >= 0.3 is 0 Å². The summed E-state index contributed by atoms with van der Waals surface area (Å²) in [6.45, 7) is 5.56. The molecule has 0 heterocycles. The van der Waals surface area contributed by atoms with Gasteiger partial charge in [-0.25, -0.2) is 0 Å². The molecule has 0 radical (unpaired) electrons. The van der Waals surface area contributed by atoms with E-state index in [1.165, 1.54) is 18.4 Å². The number of benzene rings is 1. The summed E-state index contributed by atoms with van der Waals surface area (Å²) in [7, 11) is 0. The van der Waals surface area contributed by atoms with Crippen LogP contribution in [0.25, 0.3) is 0 Å². The lowest BCUT2D eigenvalue weighted by Gasteiger charge is -2.08. The van der Waals surface area contributed by atoms with Crippen LogP contribution in [0.1, 0.15) is 29.9 Å². The number of hydrogen-bond acceptors (Lipinski definition) is 1. The molecular formula is C13H17N. The van der Waals surface area contributed by atoms with E-state index in [1.807, 2.05) is 6.08 Å². The average molecular weight is 187 g/mol. The molecule has 14 heavy (non-hydrogen) atoms. The lowest BCUT2D eigenvalue weighted by molar-refractivity contribution is 0.751. The first-order valence-electron chi connectivity index (χ1n) is 5.31. The van der Waals surface area contributed by atoms with Crippen LogP contribution in [0.4, 0.5) is 0 Å². The van der Waals surface area contributed by atoms with E-state index in [-0.39, 0.29) is 0 Å². The molecule has 1 aliphatic carbocycles. The quantitative estimate of drug-likeness (QED) is 0.552. The predicted octanol–water partition coefficient (Wildman–Crippen LogP) is 2.84. The van der Waals surface area contributed by atoms with Crippen LogP contribution in [0.2, 0.25) is 0 Å². The molecule has 0 bridgehead atoms. The Morgan fingerprint density at radius 3 is 2.86 bits per heavy atom. The van der Waals surface area contributed by atoms with E-state index in [0.717, 1.165) is 19.0 Å². The van der Waals surface area contributed by atoms with E-state index < -0.39 is 0 Å². The van der Waals surface area contributed by atoms with Gasteiger partial charge in [0.05, 0.1) is 0 Å². The minimum atomic E-state index is 0.844. The van der Waals surface area contributed by atoms with Crippen LogP contribution >= 0.6 is 0 Å². The fraction of sp³-hybridized carbons (Fsp3) is 0.385. The number of nitrogens with one attached hydrogen (secondary N) is 1. The van der Waals surface area contributed by atoms with Gasteiger partial charge in [-0.2, -0.15) is 0 Å². The first-order chi connectivity index (χ1) is 6.92. The monoisotopic (exact) mass is 187 g/mol. The first-order valence-corrected chi connectivity index (χ1v) is 5.31. The largest absolute Gasteiger partial charge is 0.309 e. The Kier molecular flexibility index (Phi) is 3.00. The molecule has 0 saturated heterocycles. The Bertz CT molecular complexity index is 313. The zero-order chi connectivity index (χ0) is 9.80. The molecule has 1 fully saturated rings. The van der Waals surface area contributed by atoms with Gasteiger partial charge in [-0.3, -0.25) is 0 Å². The molecule has 2 rings (SSSR count). The molecular weight excluding hydrogens is 170 g/mol. The van der Waals surface area contributed by atoms with Crippen LogP contribution in [0.15, 0.2) is 36.9 Å². The van der Waals surface area contributed by atoms with Gasteiger partial charge in [0, 0.05) is 13.1 Å². The van der Waals surface area contributed by atoms with Crippen LogP contribution in [0, 0.1) is 0 Å². The molecule has 0 aromatic heterocycles. The molecule has 1 aromatic rings. The van der Waals surface area contributed by atoms with E-state index in [0.29, 0.717) is 0 Å². The molecule has 1 aromatic carbocycles. The van der Waals surface area contributed by atoms with Crippen molar-refractivity contribution in [3.8, 4) is 0 Å². The molecule has 74 valence electrons. The molecule has 0 spiro atoms. The average Bonchev–Trinajstić information content (AvgIpc) is 3.03. The molecule has 1 N–H and O–H groups in total. The maximum absolute atomic E-state index is 3.70. The Morgan fingerprint density at radius 2 is 2.14 bits per heavy atom. The maximum atomic E-state index is 3.70. The van der Waals surface area contributed by atoms with Gasteiger partial charge in [-0.1, -0.05) is 30.3 Å². The molecule has 0 unspecified atom stereocenters. The van der Waals surface area contributed by atoms with Crippen molar-refractivity contribution < 1.29 is 0 Å². The molecule has 1 saturated carbocycles. The third-order valence-electron chi connectivity index (χ3n) is 2.68. The highest BCUT2D eigenvalue weighted by molar-refractivity contribution is 5.33. The van der Waals surface area contributed by atoms with Gasteiger partial charge < -0.3 is 5.32 Å². The predicted molar refractivity (Wildman–Crippen MR) is 60.3 cm³/mol. The van der Waals surface area contributed by atoms with Crippen LogP contribution in [0.5, 0.6) is 0 Å². The summed E-state index contributed by atoms with van der Waals surface area (Å²) in [5.41, 5.74) is 3.00. The van der Waals surface area contributed by atoms with Gasteiger partial charge in [0.2, 0.25) is 0 Å². The van der Waals surface area contributed by atoms with E-state index in [9.17, 15) is 0 Å². The van der Waals surface area contributed by atoms with Crippen molar-refractivity contribution >= 4 is 0 Å². The maximum Gasteiger partial charge on any atom is 0.0211 e. The fourth-order valence-electron chi connectivity index (χ4n) is 1.80. The topological polar surface area (TPSA) is 12.0 Å². The normalized spacial score (nSPS) is 15.4. The Hall–Kier alpha value is -1.08. The molecule has 0 aliphatic heterocycles. The molecule has 0 atom stereocenters. The second-order valence-corrected chi connectivity index (χ2v) is 3.89. The Morgan fingerprint density at radius 1 is 1.36 bits per heavy atom. The summed E-state index contributed by atoms with van der Waals surface area (Å²) in [6.07, 6.45) is 4.65. The molecule has 1 heteroatoms. The van der Waals surface area contributed by atoms with Crippen molar-refractivity contribution in [3.05, 3.63) is 48.0 Å². The van der Waals surface area contributed by atoms with Crippen molar-refractivity contribution in [2.45, 2.75) is 25.3 Å². The summed E-state index contributed by atoms with van der Waals surface area (Å²) < 4.78 is 0. The summed E-state index contributed by atoms with van der Waals surface area (Å²) in [4.78, 5) is 0. The van der Waals surface area contributed by atoms with Crippen molar-refractivity contribution in [2.24, 2.45) is 0 Å². The highest BCUT2D eigenvalue weighted by Crippen LogP contribution is 2.41. The first kappa shape index (κ1) is 9.47. The van der Waals surface area contributed by atoms with Gasteiger partial charge in [-0.05, 0) is 29.9 Å². The summed E-state index contributed by atoms with van der Waals surface area (Å²) in [5, 5.41) is 3.36. The van der Waals surface area contributed by atoms with Crippen molar-refractivity contribution in [1.29, 1.82) is 0 Å². The third kappa shape index (κ3) is 2.24. The van der Waals surface area contributed by atoms with Crippen LogP contribution in [0.3, 0.4) is 0 Å². The molecule has 1 nitrogen and oxygen atoms in total. The van der Waals surface area contributed by atoms with E-state index in [1.54, 1.807) is 5.56 Å². The zero-order valence-electron chi connectivity index (χ0n) is 8.50. The standard InChI is InChI=1S/C13H17N/c1-2-9-14-10-12-5-3-4-6-13(12)11-7-8-11/h2-6,11,14H,1,7-10H2. The van der Waals surface area contributed by atoms with E-state index in [2.05, 4.69) is 36.2 Å².